The topological polar surface area (TPSA) is 55.1 Å². The fourth-order valence-electron chi connectivity index (χ4n) is 2.20. The molecule has 0 aliphatic carbocycles. The first-order valence-corrected chi connectivity index (χ1v) is 6.82. The van der Waals surface area contributed by atoms with E-state index >= 15 is 0 Å². The predicted octanol–water partition coefficient (Wildman–Crippen LogP) is 3.20. The lowest BCUT2D eigenvalue weighted by Gasteiger charge is -2.13. The number of hydrogen-bond donors (Lipinski definition) is 2. The summed E-state index contributed by atoms with van der Waals surface area (Å²) in [7, 11) is 0. The summed E-state index contributed by atoms with van der Waals surface area (Å²) < 4.78 is 0. The second-order valence-corrected chi connectivity index (χ2v) is 4.87. The molecule has 0 aliphatic rings. The molecule has 0 fully saturated rings. The maximum absolute atomic E-state index is 12.1. The second-order valence-electron chi connectivity index (χ2n) is 4.87. The van der Waals surface area contributed by atoms with E-state index in [0.29, 0.717) is 0 Å². The van der Waals surface area contributed by atoms with Crippen LogP contribution in [0.15, 0.2) is 48.5 Å². The highest BCUT2D eigenvalue weighted by Crippen LogP contribution is 2.18. The largest absolute Gasteiger partial charge is 0.324 e. The lowest BCUT2D eigenvalue weighted by Crippen LogP contribution is -2.27. The third-order valence-electron chi connectivity index (χ3n) is 3.43. The summed E-state index contributed by atoms with van der Waals surface area (Å²) in [6.07, 6.45) is 0.990. The molecular weight excluding hydrogens is 248 g/mol. The number of anilines is 1. The summed E-state index contributed by atoms with van der Waals surface area (Å²) in [5.74, 6) is -0.195. The van der Waals surface area contributed by atoms with Gasteiger partial charge in [0.15, 0.2) is 0 Å². The molecule has 104 valence electrons. The van der Waals surface area contributed by atoms with Gasteiger partial charge in [-0.15, -0.1) is 0 Å². The normalized spacial score (nSPS) is 11.9. The van der Waals surface area contributed by atoms with Crippen molar-refractivity contribution in [2.75, 3.05) is 5.32 Å². The van der Waals surface area contributed by atoms with Crippen molar-refractivity contribution in [3.05, 3.63) is 65.2 Å². The standard InChI is InChI=1S/C17H20N2O/c1-3-13-9-10-15(11-12(13)2)19-17(20)16(18)14-7-5-4-6-8-14/h4-11,16H,3,18H2,1-2H3,(H,19,20). The van der Waals surface area contributed by atoms with Gasteiger partial charge in [0.2, 0.25) is 5.91 Å². The Morgan fingerprint density at radius 3 is 2.50 bits per heavy atom. The minimum atomic E-state index is -0.651. The Morgan fingerprint density at radius 1 is 1.20 bits per heavy atom. The van der Waals surface area contributed by atoms with Crippen LogP contribution < -0.4 is 11.1 Å². The van der Waals surface area contributed by atoms with Gasteiger partial charge in [0, 0.05) is 5.69 Å². The Balaban J connectivity index is 2.10. The van der Waals surface area contributed by atoms with Gasteiger partial charge in [-0.05, 0) is 42.2 Å². The van der Waals surface area contributed by atoms with Crippen LogP contribution in [0.2, 0.25) is 0 Å². The Bertz CT molecular complexity index is 593. The summed E-state index contributed by atoms with van der Waals surface area (Å²) in [4.78, 5) is 12.1. The number of nitrogens with one attached hydrogen (secondary N) is 1. The summed E-state index contributed by atoms with van der Waals surface area (Å²) >= 11 is 0. The maximum atomic E-state index is 12.1. The average Bonchev–Trinajstić information content (AvgIpc) is 2.47. The van der Waals surface area contributed by atoms with Crippen LogP contribution >= 0.6 is 0 Å². The van der Waals surface area contributed by atoms with E-state index in [1.807, 2.05) is 55.5 Å². The number of benzene rings is 2. The molecular formula is C17H20N2O. The number of carbonyl (C=O) groups excluding carboxylic acids is 1. The molecule has 0 saturated heterocycles. The van der Waals surface area contributed by atoms with E-state index < -0.39 is 6.04 Å². The maximum Gasteiger partial charge on any atom is 0.245 e. The van der Waals surface area contributed by atoms with Gasteiger partial charge in [-0.3, -0.25) is 4.79 Å². The third-order valence-corrected chi connectivity index (χ3v) is 3.43. The highest BCUT2D eigenvalue weighted by molar-refractivity contribution is 5.95. The Hall–Kier alpha value is -2.13. The molecule has 0 bridgehead atoms. The Morgan fingerprint density at radius 2 is 1.90 bits per heavy atom. The molecule has 3 N–H and O–H groups in total. The lowest BCUT2D eigenvalue weighted by molar-refractivity contribution is -0.117. The first kappa shape index (κ1) is 14.3. The number of rotatable bonds is 4. The van der Waals surface area contributed by atoms with Crippen molar-refractivity contribution in [2.45, 2.75) is 26.3 Å². The van der Waals surface area contributed by atoms with Crippen LogP contribution in [-0.2, 0) is 11.2 Å². The molecule has 2 aromatic carbocycles. The summed E-state index contributed by atoms with van der Waals surface area (Å²) in [5, 5.41) is 2.87. The van der Waals surface area contributed by atoms with Crippen molar-refractivity contribution < 1.29 is 4.79 Å². The molecule has 3 nitrogen and oxygen atoms in total. The zero-order chi connectivity index (χ0) is 14.5. The van der Waals surface area contributed by atoms with E-state index in [2.05, 4.69) is 12.2 Å². The van der Waals surface area contributed by atoms with Crippen molar-refractivity contribution in [3.63, 3.8) is 0 Å². The molecule has 0 saturated carbocycles. The molecule has 0 heterocycles. The van der Waals surface area contributed by atoms with E-state index in [1.165, 1.54) is 11.1 Å². The molecule has 2 aromatic rings. The summed E-state index contributed by atoms with van der Waals surface area (Å²) in [6.45, 7) is 4.16. The van der Waals surface area contributed by atoms with Crippen molar-refractivity contribution in [1.29, 1.82) is 0 Å². The van der Waals surface area contributed by atoms with Crippen LogP contribution in [0.5, 0.6) is 0 Å². The van der Waals surface area contributed by atoms with Crippen molar-refractivity contribution in [1.82, 2.24) is 0 Å². The van der Waals surface area contributed by atoms with Crippen molar-refractivity contribution in [3.8, 4) is 0 Å². The molecule has 0 radical (unpaired) electrons. The van der Waals surface area contributed by atoms with Crippen LogP contribution in [0.3, 0.4) is 0 Å². The van der Waals surface area contributed by atoms with Crippen LogP contribution in [0, 0.1) is 6.92 Å². The van der Waals surface area contributed by atoms with Crippen LogP contribution in [0.4, 0.5) is 5.69 Å². The van der Waals surface area contributed by atoms with Gasteiger partial charge in [-0.25, -0.2) is 0 Å². The molecule has 2 rings (SSSR count). The van der Waals surface area contributed by atoms with E-state index in [4.69, 9.17) is 5.73 Å². The van der Waals surface area contributed by atoms with E-state index in [9.17, 15) is 4.79 Å². The number of amides is 1. The van der Waals surface area contributed by atoms with Crippen LogP contribution in [0.1, 0.15) is 29.7 Å². The van der Waals surface area contributed by atoms with Gasteiger partial charge < -0.3 is 11.1 Å². The zero-order valence-electron chi connectivity index (χ0n) is 11.9. The molecule has 0 spiro atoms. The van der Waals surface area contributed by atoms with E-state index in [-0.39, 0.29) is 5.91 Å². The first-order valence-electron chi connectivity index (χ1n) is 6.82. The highest BCUT2D eigenvalue weighted by Gasteiger charge is 2.15. The van der Waals surface area contributed by atoms with Crippen LogP contribution in [-0.4, -0.2) is 5.91 Å². The summed E-state index contributed by atoms with van der Waals surface area (Å²) in [5.41, 5.74) is 10.0. The molecule has 1 unspecified atom stereocenters. The SMILES string of the molecule is CCc1ccc(NC(=O)C(N)c2ccccc2)cc1C. The lowest BCUT2D eigenvalue weighted by atomic mass is 10.0. The highest BCUT2D eigenvalue weighted by atomic mass is 16.2. The van der Waals surface area contributed by atoms with Crippen molar-refractivity contribution >= 4 is 11.6 Å². The fraction of sp³-hybridized carbons (Fsp3) is 0.235. The van der Waals surface area contributed by atoms with Gasteiger partial charge in [-0.1, -0.05) is 43.3 Å². The van der Waals surface area contributed by atoms with Gasteiger partial charge in [-0.2, -0.15) is 0 Å². The molecule has 1 atom stereocenters. The van der Waals surface area contributed by atoms with Gasteiger partial charge in [0.05, 0.1) is 0 Å². The molecule has 3 heteroatoms. The minimum Gasteiger partial charge on any atom is -0.324 e. The Kier molecular flexibility index (Phi) is 4.53. The number of hydrogen-bond acceptors (Lipinski definition) is 2. The summed E-state index contributed by atoms with van der Waals surface area (Å²) in [6, 6.07) is 14.7. The number of aryl methyl sites for hydroxylation is 2. The van der Waals surface area contributed by atoms with Crippen molar-refractivity contribution in [2.24, 2.45) is 5.73 Å². The third kappa shape index (κ3) is 3.25. The molecule has 0 aliphatic heterocycles. The average molecular weight is 268 g/mol. The second kappa shape index (κ2) is 6.35. The van der Waals surface area contributed by atoms with Gasteiger partial charge in [0.25, 0.3) is 0 Å². The number of carbonyl (C=O) groups is 1. The molecule has 20 heavy (non-hydrogen) atoms. The Labute approximate surface area is 119 Å². The van der Waals surface area contributed by atoms with Gasteiger partial charge >= 0.3 is 0 Å². The van der Waals surface area contributed by atoms with E-state index in [1.54, 1.807) is 0 Å². The zero-order valence-corrected chi connectivity index (χ0v) is 11.9. The quantitative estimate of drug-likeness (QED) is 0.894. The monoisotopic (exact) mass is 268 g/mol. The predicted molar refractivity (Wildman–Crippen MR) is 82.6 cm³/mol. The fourth-order valence-corrected chi connectivity index (χ4v) is 2.20. The van der Waals surface area contributed by atoms with Crippen LogP contribution in [0.25, 0.3) is 0 Å². The van der Waals surface area contributed by atoms with E-state index in [0.717, 1.165) is 17.7 Å². The minimum absolute atomic E-state index is 0.195. The van der Waals surface area contributed by atoms with Gasteiger partial charge in [0.1, 0.15) is 6.04 Å². The smallest absolute Gasteiger partial charge is 0.245 e. The number of nitrogens with two attached hydrogens (primary N) is 1. The molecule has 0 aromatic heterocycles. The first-order chi connectivity index (χ1) is 9.61. The molecule has 1 amide bonds.